The number of nitrogens with one attached hydrogen (secondary N) is 2. The van der Waals surface area contributed by atoms with Crippen molar-refractivity contribution in [3.05, 3.63) is 71.0 Å². The minimum absolute atomic E-state index is 0.204. The van der Waals surface area contributed by atoms with Gasteiger partial charge in [0.25, 0.3) is 0 Å². The van der Waals surface area contributed by atoms with Crippen LogP contribution in [0, 0.1) is 0 Å². The lowest BCUT2D eigenvalue weighted by Gasteiger charge is -2.23. The van der Waals surface area contributed by atoms with Crippen molar-refractivity contribution in [2.45, 2.75) is 29.8 Å². The molecular formula is C20H18ClN5O2S. The molecule has 0 saturated carbocycles. The molecule has 148 valence electrons. The Kier molecular flexibility index (Phi) is 5.82. The average molecular weight is 428 g/mol. The molecule has 1 aromatic heterocycles. The van der Waals surface area contributed by atoms with Gasteiger partial charge in [0, 0.05) is 35.3 Å². The fourth-order valence-electron chi connectivity index (χ4n) is 3.14. The Morgan fingerprint density at radius 2 is 1.83 bits per heavy atom. The van der Waals surface area contributed by atoms with Crippen LogP contribution in [0.1, 0.15) is 17.8 Å². The van der Waals surface area contributed by atoms with E-state index < -0.39 is 6.03 Å². The highest BCUT2D eigenvalue weighted by Crippen LogP contribution is 2.28. The lowest BCUT2D eigenvalue weighted by atomic mass is 10.1. The molecule has 1 atom stereocenters. The molecule has 0 bridgehead atoms. The number of imide groups is 1. The minimum atomic E-state index is -0.481. The molecule has 7 nitrogen and oxygen atoms in total. The Bertz CT molecular complexity index is 1020. The number of carbonyl (C=O) groups is 2. The highest BCUT2D eigenvalue weighted by atomic mass is 35.5. The van der Waals surface area contributed by atoms with Crippen LogP contribution < -0.4 is 10.6 Å². The van der Waals surface area contributed by atoms with Gasteiger partial charge >= 0.3 is 6.03 Å². The summed E-state index contributed by atoms with van der Waals surface area (Å²) in [5, 5.41) is 15.2. The van der Waals surface area contributed by atoms with Crippen molar-refractivity contribution in [1.82, 2.24) is 25.4 Å². The van der Waals surface area contributed by atoms with Gasteiger partial charge in [-0.15, -0.1) is 10.2 Å². The van der Waals surface area contributed by atoms with Crippen molar-refractivity contribution >= 4 is 35.3 Å². The molecule has 1 aliphatic rings. The summed E-state index contributed by atoms with van der Waals surface area (Å²) in [6.45, 7) is 0. The number of nitrogens with zero attached hydrogens (tertiary/aromatic N) is 3. The second-order valence-electron chi connectivity index (χ2n) is 6.58. The van der Waals surface area contributed by atoms with E-state index in [9.17, 15) is 9.59 Å². The molecule has 4 rings (SSSR count). The van der Waals surface area contributed by atoms with Crippen molar-refractivity contribution in [2.24, 2.45) is 0 Å². The van der Waals surface area contributed by atoms with Gasteiger partial charge in [-0.25, -0.2) is 4.79 Å². The third-order valence-electron chi connectivity index (χ3n) is 4.48. The van der Waals surface area contributed by atoms with Gasteiger partial charge in [0.2, 0.25) is 5.91 Å². The number of para-hydroxylation sites is 1. The van der Waals surface area contributed by atoms with Crippen LogP contribution in [0.15, 0.2) is 59.8 Å². The second kappa shape index (κ2) is 8.67. The molecule has 3 aromatic rings. The van der Waals surface area contributed by atoms with Gasteiger partial charge in [0.1, 0.15) is 5.82 Å². The second-order valence-corrected chi connectivity index (χ2v) is 7.93. The maximum Gasteiger partial charge on any atom is 0.321 e. The summed E-state index contributed by atoms with van der Waals surface area (Å²) < 4.78 is 1.96. The first-order valence-electron chi connectivity index (χ1n) is 9.06. The van der Waals surface area contributed by atoms with E-state index in [-0.39, 0.29) is 18.4 Å². The molecule has 0 spiro atoms. The number of thioether (sulfide) groups is 1. The highest BCUT2D eigenvalue weighted by Gasteiger charge is 2.26. The molecule has 29 heavy (non-hydrogen) atoms. The number of urea groups is 1. The Morgan fingerprint density at radius 1 is 1.07 bits per heavy atom. The number of carbonyl (C=O) groups excluding carboxylic acids is 2. The van der Waals surface area contributed by atoms with Crippen LogP contribution in [-0.2, 0) is 17.0 Å². The number of aromatic nitrogens is 3. The van der Waals surface area contributed by atoms with Crippen LogP contribution in [0.4, 0.5) is 4.79 Å². The summed E-state index contributed by atoms with van der Waals surface area (Å²) in [4.78, 5) is 23.3. The molecule has 1 saturated heterocycles. The van der Waals surface area contributed by atoms with Gasteiger partial charge in [-0.1, -0.05) is 59.8 Å². The van der Waals surface area contributed by atoms with Crippen LogP contribution in [-0.4, -0.2) is 32.7 Å². The topological polar surface area (TPSA) is 88.9 Å². The number of halogens is 1. The SMILES string of the molecule is O=C1CC(Cc2nnc(SCc3ccccc3Cl)n2-c2ccccc2)NC(=O)N1. The fraction of sp³-hybridized carbons (Fsp3) is 0.200. The molecule has 2 heterocycles. The van der Waals surface area contributed by atoms with E-state index in [1.807, 2.05) is 59.2 Å². The van der Waals surface area contributed by atoms with E-state index in [2.05, 4.69) is 20.8 Å². The van der Waals surface area contributed by atoms with Crippen molar-refractivity contribution in [3.63, 3.8) is 0 Å². The van der Waals surface area contributed by atoms with Crippen molar-refractivity contribution in [2.75, 3.05) is 0 Å². The summed E-state index contributed by atoms with van der Waals surface area (Å²) in [6.07, 6.45) is 0.600. The molecule has 3 amide bonds. The Balaban J connectivity index is 1.61. The quantitative estimate of drug-likeness (QED) is 0.589. The standard InChI is InChI=1S/C20H18ClN5O2S/c21-16-9-5-4-6-13(16)12-29-20-25-24-17(26(20)15-7-2-1-3-8-15)10-14-11-18(27)23-19(28)22-14/h1-9,14H,10-12H2,(H2,22,23,27,28). The van der Waals surface area contributed by atoms with Crippen LogP contribution in [0.3, 0.4) is 0 Å². The maximum atomic E-state index is 11.7. The monoisotopic (exact) mass is 427 g/mol. The number of rotatable bonds is 6. The molecule has 1 aliphatic heterocycles. The fourth-order valence-corrected chi connectivity index (χ4v) is 4.39. The van der Waals surface area contributed by atoms with Gasteiger partial charge in [-0.05, 0) is 23.8 Å². The Morgan fingerprint density at radius 3 is 2.59 bits per heavy atom. The molecule has 1 unspecified atom stereocenters. The van der Waals surface area contributed by atoms with Crippen LogP contribution in [0.2, 0.25) is 5.02 Å². The third kappa shape index (κ3) is 4.60. The molecule has 2 N–H and O–H groups in total. The molecule has 0 aliphatic carbocycles. The van der Waals surface area contributed by atoms with Gasteiger partial charge in [0.05, 0.1) is 0 Å². The third-order valence-corrected chi connectivity index (χ3v) is 5.82. The largest absolute Gasteiger partial charge is 0.334 e. The van der Waals surface area contributed by atoms with Gasteiger partial charge in [-0.3, -0.25) is 14.7 Å². The van der Waals surface area contributed by atoms with Gasteiger partial charge in [-0.2, -0.15) is 0 Å². The number of benzene rings is 2. The predicted molar refractivity (Wildman–Crippen MR) is 111 cm³/mol. The summed E-state index contributed by atoms with van der Waals surface area (Å²) >= 11 is 7.81. The average Bonchev–Trinajstić information content (AvgIpc) is 3.09. The zero-order valence-corrected chi connectivity index (χ0v) is 16.9. The normalized spacial score (nSPS) is 16.4. The van der Waals surface area contributed by atoms with E-state index in [1.54, 1.807) is 0 Å². The first kappa shape index (κ1) is 19.5. The van der Waals surface area contributed by atoms with E-state index in [1.165, 1.54) is 11.8 Å². The van der Waals surface area contributed by atoms with Gasteiger partial charge < -0.3 is 5.32 Å². The zero-order chi connectivity index (χ0) is 20.2. The maximum absolute atomic E-state index is 11.7. The summed E-state index contributed by atoms with van der Waals surface area (Å²) in [5.74, 6) is 1.03. The predicted octanol–water partition coefficient (Wildman–Crippen LogP) is 3.35. The van der Waals surface area contributed by atoms with Gasteiger partial charge in [0.15, 0.2) is 5.16 Å². The molecule has 1 fully saturated rings. The summed E-state index contributed by atoms with van der Waals surface area (Å²) in [5.41, 5.74) is 1.93. The molecule has 0 radical (unpaired) electrons. The minimum Gasteiger partial charge on any atom is -0.334 e. The summed E-state index contributed by atoms with van der Waals surface area (Å²) in [6, 6.07) is 16.6. The van der Waals surface area contributed by atoms with Crippen LogP contribution in [0.5, 0.6) is 0 Å². The van der Waals surface area contributed by atoms with E-state index in [0.29, 0.717) is 23.0 Å². The Labute approximate surface area is 176 Å². The first-order chi connectivity index (χ1) is 14.1. The lowest BCUT2D eigenvalue weighted by Crippen LogP contribution is -2.53. The Hall–Kier alpha value is -2.84. The van der Waals surface area contributed by atoms with E-state index >= 15 is 0 Å². The first-order valence-corrected chi connectivity index (χ1v) is 10.4. The van der Waals surface area contributed by atoms with Crippen LogP contribution >= 0.6 is 23.4 Å². The number of hydrogen-bond donors (Lipinski definition) is 2. The smallest absolute Gasteiger partial charge is 0.321 e. The van der Waals surface area contributed by atoms with Crippen molar-refractivity contribution in [3.8, 4) is 5.69 Å². The zero-order valence-electron chi connectivity index (χ0n) is 15.3. The van der Waals surface area contributed by atoms with E-state index in [4.69, 9.17) is 11.6 Å². The van der Waals surface area contributed by atoms with E-state index in [0.717, 1.165) is 16.4 Å². The number of hydrogen-bond acceptors (Lipinski definition) is 5. The van der Waals surface area contributed by atoms with Crippen LogP contribution in [0.25, 0.3) is 5.69 Å². The van der Waals surface area contributed by atoms with Crippen molar-refractivity contribution in [1.29, 1.82) is 0 Å². The highest BCUT2D eigenvalue weighted by molar-refractivity contribution is 7.98. The number of amides is 3. The lowest BCUT2D eigenvalue weighted by molar-refractivity contribution is -0.121. The molecule has 2 aromatic carbocycles. The molecular weight excluding hydrogens is 410 g/mol. The van der Waals surface area contributed by atoms with Crippen molar-refractivity contribution < 1.29 is 9.59 Å². The summed E-state index contributed by atoms with van der Waals surface area (Å²) in [7, 11) is 0. The molecule has 9 heteroatoms.